The van der Waals surface area contributed by atoms with Crippen molar-refractivity contribution in [3.05, 3.63) is 90.7 Å². The lowest BCUT2D eigenvalue weighted by molar-refractivity contribution is -0.120. The summed E-state index contributed by atoms with van der Waals surface area (Å²) in [5, 5.41) is 2.40. The summed E-state index contributed by atoms with van der Waals surface area (Å²) in [7, 11) is -8.12. The van der Waals surface area contributed by atoms with Gasteiger partial charge >= 0.3 is 0 Å². The van der Waals surface area contributed by atoms with Gasteiger partial charge in [0.25, 0.3) is 0 Å². The van der Waals surface area contributed by atoms with Gasteiger partial charge in [-0.1, -0.05) is 48.5 Å². The van der Waals surface area contributed by atoms with E-state index in [9.17, 15) is 26.0 Å². The lowest BCUT2D eigenvalue weighted by Crippen LogP contribution is -2.60. The van der Waals surface area contributed by atoms with Gasteiger partial charge in [-0.05, 0) is 36.4 Å². The van der Waals surface area contributed by atoms with Gasteiger partial charge in [0.15, 0.2) is 0 Å². The lowest BCUT2D eigenvalue weighted by atomic mass is 10.2. The Kier molecular flexibility index (Phi) is 6.80. The van der Waals surface area contributed by atoms with Crippen LogP contribution in [-0.2, 0) is 24.8 Å². The average molecular weight is 504 g/mol. The molecule has 1 atom stereocenters. The van der Waals surface area contributed by atoms with Crippen LogP contribution in [0.15, 0.2) is 94.7 Å². The molecular formula is C23H22FN3O5S2. The van der Waals surface area contributed by atoms with Crippen molar-refractivity contribution < 1.29 is 26.0 Å². The highest BCUT2D eigenvalue weighted by atomic mass is 32.2. The average Bonchev–Trinajstić information content (AvgIpc) is 2.86. The Labute approximate surface area is 197 Å². The summed E-state index contributed by atoms with van der Waals surface area (Å²) < 4.78 is 69.2. The predicted octanol–water partition coefficient (Wildman–Crippen LogP) is 2.53. The van der Waals surface area contributed by atoms with Crippen LogP contribution in [0, 0.1) is 5.82 Å². The van der Waals surface area contributed by atoms with E-state index < -0.39 is 44.4 Å². The Hall–Kier alpha value is -3.12. The minimum Gasteiger partial charge on any atom is -0.322 e. The van der Waals surface area contributed by atoms with Crippen molar-refractivity contribution in [3.8, 4) is 0 Å². The zero-order chi connectivity index (χ0) is 24.3. The molecule has 4 rings (SSSR count). The molecule has 0 bridgehead atoms. The molecule has 1 saturated heterocycles. The monoisotopic (exact) mass is 503 g/mol. The molecule has 1 amide bonds. The van der Waals surface area contributed by atoms with Crippen molar-refractivity contribution in [2.75, 3.05) is 25.0 Å². The predicted molar refractivity (Wildman–Crippen MR) is 124 cm³/mol. The third-order valence-electron chi connectivity index (χ3n) is 5.46. The van der Waals surface area contributed by atoms with Crippen LogP contribution in [0.4, 0.5) is 10.1 Å². The van der Waals surface area contributed by atoms with Gasteiger partial charge < -0.3 is 5.32 Å². The number of benzene rings is 3. The van der Waals surface area contributed by atoms with Crippen molar-refractivity contribution in [1.29, 1.82) is 0 Å². The maximum Gasteiger partial charge on any atom is 0.244 e. The Bertz CT molecular complexity index is 1380. The van der Waals surface area contributed by atoms with Gasteiger partial charge in [0.1, 0.15) is 11.9 Å². The number of piperazine rings is 1. The van der Waals surface area contributed by atoms with E-state index in [2.05, 4.69) is 5.32 Å². The fraction of sp³-hybridized carbons (Fsp3) is 0.174. The largest absolute Gasteiger partial charge is 0.322 e. The van der Waals surface area contributed by atoms with E-state index in [0.29, 0.717) is 0 Å². The first kappa shape index (κ1) is 24.0. The normalized spacial score (nSPS) is 17.9. The number of carbonyl (C=O) groups excluding carboxylic acids is 1. The smallest absolute Gasteiger partial charge is 0.244 e. The summed E-state index contributed by atoms with van der Waals surface area (Å²) >= 11 is 0. The molecule has 1 aliphatic rings. The number of nitrogens with one attached hydrogen (secondary N) is 1. The van der Waals surface area contributed by atoms with Crippen LogP contribution in [0.1, 0.15) is 0 Å². The summed E-state index contributed by atoms with van der Waals surface area (Å²) in [6.45, 7) is -0.824. The van der Waals surface area contributed by atoms with Gasteiger partial charge in [-0.3, -0.25) is 4.79 Å². The Balaban J connectivity index is 1.70. The molecule has 1 N–H and O–H groups in total. The van der Waals surface area contributed by atoms with Gasteiger partial charge in [0.2, 0.25) is 26.0 Å². The number of para-hydroxylation sites is 1. The molecule has 0 spiro atoms. The summed E-state index contributed by atoms with van der Waals surface area (Å²) in [5.74, 6) is -1.53. The minimum absolute atomic E-state index is 0.0296. The van der Waals surface area contributed by atoms with Gasteiger partial charge in [0, 0.05) is 19.6 Å². The van der Waals surface area contributed by atoms with Crippen LogP contribution in [0.5, 0.6) is 0 Å². The molecule has 11 heteroatoms. The summed E-state index contributed by atoms with van der Waals surface area (Å²) in [4.78, 5) is 13.2. The molecule has 0 saturated carbocycles. The van der Waals surface area contributed by atoms with E-state index in [1.807, 2.05) is 0 Å². The molecule has 34 heavy (non-hydrogen) atoms. The third kappa shape index (κ3) is 4.73. The first-order chi connectivity index (χ1) is 16.2. The fourth-order valence-corrected chi connectivity index (χ4v) is 6.76. The van der Waals surface area contributed by atoms with Crippen LogP contribution < -0.4 is 5.32 Å². The molecule has 3 aromatic rings. The van der Waals surface area contributed by atoms with E-state index in [4.69, 9.17) is 0 Å². The third-order valence-corrected chi connectivity index (χ3v) is 9.26. The molecular weight excluding hydrogens is 481 g/mol. The Morgan fingerprint density at radius 1 is 0.765 bits per heavy atom. The Morgan fingerprint density at radius 2 is 1.29 bits per heavy atom. The zero-order valence-corrected chi connectivity index (χ0v) is 19.5. The maximum atomic E-state index is 14.1. The van der Waals surface area contributed by atoms with E-state index in [1.54, 1.807) is 36.4 Å². The molecule has 178 valence electrons. The summed E-state index contributed by atoms with van der Waals surface area (Å²) in [6.07, 6.45) is 0. The summed E-state index contributed by atoms with van der Waals surface area (Å²) in [5.41, 5.74) is -0.132. The number of halogens is 1. The highest BCUT2D eigenvalue weighted by Crippen LogP contribution is 2.26. The van der Waals surface area contributed by atoms with E-state index in [1.165, 1.54) is 42.5 Å². The van der Waals surface area contributed by atoms with E-state index >= 15 is 0 Å². The van der Waals surface area contributed by atoms with Gasteiger partial charge in [0.05, 0.1) is 15.5 Å². The van der Waals surface area contributed by atoms with Crippen LogP contribution >= 0.6 is 0 Å². The van der Waals surface area contributed by atoms with Crippen LogP contribution in [0.25, 0.3) is 0 Å². The number of anilines is 1. The molecule has 0 radical (unpaired) electrons. The van der Waals surface area contributed by atoms with Crippen LogP contribution in [-0.4, -0.2) is 57.0 Å². The fourth-order valence-electron chi connectivity index (χ4n) is 3.71. The molecule has 0 aromatic heterocycles. The molecule has 0 unspecified atom stereocenters. The molecule has 0 aliphatic carbocycles. The molecule has 1 fully saturated rings. The second-order valence-electron chi connectivity index (χ2n) is 7.59. The van der Waals surface area contributed by atoms with Crippen molar-refractivity contribution in [2.24, 2.45) is 0 Å². The molecule has 1 heterocycles. The molecule has 3 aromatic carbocycles. The first-order valence-electron chi connectivity index (χ1n) is 10.4. The van der Waals surface area contributed by atoms with Crippen molar-refractivity contribution in [3.63, 3.8) is 0 Å². The SMILES string of the molecule is O=C(Nc1ccccc1F)[C@@H]1CN(S(=O)(=O)c2ccccc2)CCN1S(=O)(=O)c1ccccc1. The number of hydrogen-bond donors (Lipinski definition) is 1. The molecule has 8 nitrogen and oxygen atoms in total. The van der Waals surface area contributed by atoms with E-state index in [-0.39, 0.29) is 28.6 Å². The minimum atomic E-state index is -4.13. The number of carbonyl (C=O) groups is 1. The number of sulfonamides is 2. The van der Waals surface area contributed by atoms with Gasteiger partial charge in [-0.2, -0.15) is 8.61 Å². The molecule has 1 aliphatic heterocycles. The number of nitrogens with zero attached hydrogens (tertiary/aromatic N) is 2. The standard InChI is InChI=1S/C23H22FN3O5S2/c24-20-13-7-8-14-21(20)25-23(28)22-17-26(33(29,30)18-9-3-1-4-10-18)15-16-27(22)34(31,32)19-11-5-2-6-12-19/h1-14,22H,15-17H2,(H,25,28)/t22-/m0/s1. The summed E-state index contributed by atoms with van der Waals surface area (Å²) in [6, 6.07) is 19.3. The lowest BCUT2D eigenvalue weighted by Gasteiger charge is -2.38. The van der Waals surface area contributed by atoms with Crippen molar-refractivity contribution in [1.82, 2.24) is 8.61 Å². The quantitative estimate of drug-likeness (QED) is 0.557. The highest BCUT2D eigenvalue weighted by molar-refractivity contribution is 7.89. The van der Waals surface area contributed by atoms with E-state index in [0.717, 1.165) is 14.7 Å². The first-order valence-corrected chi connectivity index (χ1v) is 13.3. The zero-order valence-electron chi connectivity index (χ0n) is 17.9. The highest BCUT2D eigenvalue weighted by Gasteiger charge is 2.43. The second kappa shape index (κ2) is 9.63. The number of hydrogen-bond acceptors (Lipinski definition) is 5. The number of amides is 1. The topological polar surface area (TPSA) is 104 Å². The van der Waals surface area contributed by atoms with Gasteiger partial charge in [-0.15, -0.1) is 0 Å². The van der Waals surface area contributed by atoms with Crippen molar-refractivity contribution >= 4 is 31.6 Å². The van der Waals surface area contributed by atoms with Gasteiger partial charge in [-0.25, -0.2) is 21.2 Å². The maximum absolute atomic E-state index is 14.1. The van der Waals surface area contributed by atoms with Crippen LogP contribution in [0.3, 0.4) is 0 Å². The second-order valence-corrected chi connectivity index (χ2v) is 11.4. The van der Waals surface area contributed by atoms with Crippen LogP contribution in [0.2, 0.25) is 0 Å². The number of rotatable bonds is 6. The van der Waals surface area contributed by atoms with Crippen molar-refractivity contribution in [2.45, 2.75) is 15.8 Å². The Morgan fingerprint density at radius 3 is 1.88 bits per heavy atom.